The van der Waals surface area contributed by atoms with Gasteiger partial charge in [0.15, 0.2) is 0 Å². The highest BCUT2D eigenvalue weighted by Crippen LogP contribution is 2.34. The van der Waals surface area contributed by atoms with Crippen LogP contribution in [0, 0.1) is 0 Å². The molecule has 5 heteroatoms. The highest BCUT2D eigenvalue weighted by atomic mass is 35.5. The number of quaternary nitrogens is 1. The normalized spacial score (nSPS) is 12.1. The average Bonchev–Trinajstić information content (AvgIpc) is 2.73. The zero-order valence-electron chi connectivity index (χ0n) is 17.1. The molecule has 28 heavy (non-hydrogen) atoms. The summed E-state index contributed by atoms with van der Waals surface area (Å²) in [5.74, 6) is -0.367. The first-order chi connectivity index (χ1) is 13.2. The molecule has 1 N–H and O–H groups in total. The summed E-state index contributed by atoms with van der Waals surface area (Å²) in [4.78, 5) is 14.7. The van der Waals surface area contributed by atoms with Crippen molar-refractivity contribution in [3.8, 4) is 0 Å². The van der Waals surface area contributed by atoms with Gasteiger partial charge in [0.1, 0.15) is 13.2 Å². The second kappa shape index (κ2) is 12.6. The fraction of sp³-hybridized carbons (Fsp3) is 0.435. The summed E-state index contributed by atoms with van der Waals surface area (Å²) in [5.41, 5.74) is 0.293. The maximum absolute atomic E-state index is 13.2. The number of unbranched alkanes of at least 4 members (excludes halogenated alkanes) is 1. The van der Waals surface area contributed by atoms with Crippen molar-refractivity contribution in [3.63, 3.8) is 0 Å². The number of nitrogens with one attached hydrogen (secondary N) is 1. The lowest BCUT2D eigenvalue weighted by Gasteiger charge is -2.31. The van der Waals surface area contributed by atoms with E-state index >= 15 is 0 Å². The minimum absolute atomic E-state index is 0. The van der Waals surface area contributed by atoms with Crippen LogP contribution >= 0.6 is 0 Å². The van der Waals surface area contributed by atoms with Crippen LogP contribution < -0.4 is 17.3 Å². The number of hydrogen-bond donors (Lipinski definition) is 1. The molecule has 4 nitrogen and oxygen atoms in total. The van der Waals surface area contributed by atoms with Crippen LogP contribution in [-0.2, 0) is 19.9 Å². The Labute approximate surface area is 175 Å². The first kappa shape index (κ1) is 24.2. The van der Waals surface area contributed by atoms with Gasteiger partial charge in [-0.15, -0.1) is 0 Å². The molecule has 0 aromatic heterocycles. The van der Waals surface area contributed by atoms with Crippen molar-refractivity contribution in [2.45, 2.75) is 32.3 Å². The second-order valence-corrected chi connectivity index (χ2v) is 6.71. The Morgan fingerprint density at radius 2 is 1.46 bits per heavy atom. The van der Waals surface area contributed by atoms with Crippen LogP contribution in [0.15, 0.2) is 60.7 Å². The molecule has 0 heterocycles. The smallest absolute Gasteiger partial charge is 0.348 e. The molecule has 1 unspecified atom stereocenters. The lowest BCUT2D eigenvalue weighted by atomic mass is 9.86. The van der Waals surface area contributed by atoms with Gasteiger partial charge in [0.2, 0.25) is 5.60 Å². The molecule has 0 aliphatic rings. The van der Waals surface area contributed by atoms with Crippen LogP contribution in [0.2, 0.25) is 0 Å². The van der Waals surface area contributed by atoms with Gasteiger partial charge in [-0.3, -0.25) is 0 Å². The van der Waals surface area contributed by atoms with E-state index in [4.69, 9.17) is 9.47 Å². The summed E-state index contributed by atoms with van der Waals surface area (Å²) in [6.07, 6.45) is 2.37. The third kappa shape index (κ3) is 5.81. The highest BCUT2D eigenvalue weighted by Gasteiger charge is 2.44. The van der Waals surface area contributed by atoms with E-state index in [9.17, 15) is 4.79 Å². The molecular formula is C23H32ClNO3. The van der Waals surface area contributed by atoms with Crippen molar-refractivity contribution < 1.29 is 31.6 Å². The predicted molar refractivity (Wildman–Crippen MR) is 108 cm³/mol. The lowest BCUT2D eigenvalue weighted by Crippen LogP contribution is -3.12. The van der Waals surface area contributed by atoms with Gasteiger partial charge in [0.05, 0.1) is 13.1 Å². The number of carbonyl (C=O) groups excluding carboxylic acids is 1. The van der Waals surface area contributed by atoms with Crippen molar-refractivity contribution in [1.29, 1.82) is 0 Å². The Balaban J connectivity index is 0.00000392. The lowest BCUT2D eigenvalue weighted by molar-refractivity contribution is -0.898. The first-order valence-corrected chi connectivity index (χ1v) is 9.86. The molecular weight excluding hydrogens is 374 g/mol. The van der Waals surface area contributed by atoms with Gasteiger partial charge in [-0.2, -0.15) is 0 Å². The Hall–Kier alpha value is -1.88. The third-order valence-corrected chi connectivity index (χ3v) is 5.03. The van der Waals surface area contributed by atoms with Crippen LogP contribution in [0.4, 0.5) is 0 Å². The van der Waals surface area contributed by atoms with E-state index in [0.717, 1.165) is 30.8 Å². The number of methoxy groups -OCH3 is 1. The molecule has 0 saturated heterocycles. The predicted octanol–water partition coefficient (Wildman–Crippen LogP) is -0.171. The van der Waals surface area contributed by atoms with Gasteiger partial charge in [-0.25, -0.2) is 4.79 Å². The summed E-state index contributed by atoms with van der Waals surface area (Å²) in [7, 11) is 1.56. The quantitative estimate of drug-likeness (QED) is 0.528. The summed E-state index contributed by atoms with van der Waals surface area (Å²) >= 11 is 0. The molecule has 0 bridgehead atoms. The zero-order valence-corrected chi connectivity index (χ0v) is 17.9. The molecule has 1 atom stereocenters. The van der Waals surface area contributed by atoms with Gasteiger partial charge in [0.25, 0.3) is 0 Å². The van der Waals surface area contributed by atoms with Crippen molar-refractivity contribution in [3.05, 3.63) is 71.8 Å². The van der Waals surface area contributed by atoms with Crippen LogP contribution in [0.3, 0.4) is 0 Å². The molecule has 0 fully saturated rings. The number of benzene rings is 2. The summed E-state index contributed by atoms with van der Waals surface area (Å²) in [5, 5.41) is 0. The van der Waals surface area contributed by atoms with Crippen LogP contribution in [0.1, 0.15) is 37.8 Å². The van der Waals surface area contributed by atoms with E-state index in [-0.39, 0.29) is 18.4 Å². The van der Waals surface area contributed by atoms with Gasteiger partial charge >= 0.3 is 5.97 Å². The number of ether oxygens (including phenoxy) is 2. The zero-order chi connectivity index (χ0) is 19.5. The Kier molecular flexibility index (Phi) is 10.8. The molecule has 0 spiro atoms. The van der Waals surface area contributed by atoms with E-state index in [1.807, 2.05) is 60.7 Å². The molecule has 0 aliphatic carbocycles. The van der Waals surface area contributed by atoms with Crippen molar-refractivity contribution in [2.24, 2.45) is 0 Å². The number of likely N-dealkylation sites (N-methyl/N-ethyl adjacent to an activating group) is 1. The molecule has 0 amide bonds. The number of esters is 1. The number of carbonyl (C=O) groups is 1. The summed E-state index contributed by atoms with van der Waals surface area (Å²) < 4.78 is 11.6. The molecule has 2 rings (SSSR count). The Bertz CT molecular complexity index is 639. The fourth-order valence-electron chi connectivity index (χ4n) is 3.36. The topological polar surface area (TPSA) is 40.0 Å². The van der Waals surface area contributed by atoms with Gasteiger partial charge in [-0.1, -0.05) is 74.0 Å². The van der Waals surface area contributed by atoms with E-state index < -0.39 is 5.60 Å². The number of hydrogen-bond acceptors (Lipinski definition) is 3. The van der Waals surface area contributed by atoms with E-state index in [0.29, 0.717) is 6.61 Å². The highest BCUT2D eigenvalue weighted by molar-refractivity contribution is 5.85. The largest absolute Gasteiger partial charge is 1.00 e. The van der Waals surface area contributed by atoms with Gasteiger partial charge < -0.3 is 26.8 Å². The summed E-state index contributed by atoms with van der Waals surface area (Å²) in [6, 6.07) is 19.1. The molecule has 2 aromatic carbocycles. The molecule has 0 aliphatic heterocycles. The molecule has 0 radical (unpaired) electrons. The monoisotopic (exact) mass is 405 g/mol. The van der Waals surface area contributed by atoms with E-state index in [1.165, 1.54) is 17.7 Å². The van der Waals surface area contributed by atoms with E-state index in [2.05, 4.69) is 13.8 Å². The SMILES string of the molecule is CCCC[NH+](CC)CCOC(=O)C(OC)(c1ccccc1)c1ccccc1.[Cl-]. The summed E-state index contributed by atoms with van der Waals surface area (Å²) in [6.45, 7) is 7.70. The Morgan fingerprint density at radius 3 is 1.89 bits per heavy atom. The molecule has 154 valence electrons. The first-order valence-electron chi connectivity index (χ1n) is 9.86. The van der Waals surface area contributed by atoms with E-state index in [1.54, 1.807) is 7.11 Å². The molecule has 0 saturated carbocycles. The average molecular weight is 406 g/mol. The Morgan fingerprint density at radius 1 is 0.929 bits per heavy atom. The fourth-order valence-corrected chi connectivity index (χ4v) is 3.36. The number of rotatable bonds is 11. The second-order valence-electron chi connectivity index (χ2n) is 6.71. The minimum Gasteiger partial charge on any atom is -1.00 e. The van der Waals surface area contributed by atoms with Crippen molar-refractivity contribution in [2.75, 3.05) is 33.4 Å². The van der Waals surface area contributed by atoms with Crippen molar-refractivity contribution >= 4 is 5.97 Å². The maximum atomic E-state index is 13.2. The van der Waals surface area contributed by atoms with Gasteiger partial charge in [0, 0.05) is 7.11 Å². The molecule has 2 aromatic rings. The van der Waals surface area contributed by atoms with Gasteiger partial charge in [-0.05, 0) is 24.5 Å². The number of halogens is 1. The maximum Gasteiger partial charge on any atom is 0.348 e. The third-order valence-electron chi connectivity index (χ3n) is 5.03. The standard InChI is InChI=1S/C23H31NO3.ClH/c1-4-6-17-24(5-2)18-19-27-22(25)23(26-3,20-13-9-7-10-14-20)21-15-11-8-12-16-21;/h7-16H,4-6,17-19H2,1-3H3;1H. The van der Waals surface area contributed by atoms with Crippen LogP contribution in [-0.4, -0.2) is 39.3 Å². The minimum atomic E-state index is -1.25. The van der Waals surface area contributed by atoms with Crippen LogP contribution in [0.5, 0.6) is 0 Å². The van der Waals surface area contributed by atoms with Crippen molar-refractivity contribution in [1.82, 2.24) is 0 Å². The van der Waals surface area contributed by atoms with Crippen LogP contribution in [0.25, 0.3) is 0 Å².